The number of hydrogen-bond donors (Lipinski definition) is 0. The molecule has 0 aliphatic rings. The molecule has 0 aromatic rings. The van der Waals surface area contributed by atoms with E-state index in [1.807, 2.05) is 0 Å². The molecule has 0 spiro atoms. The van der Waals surface area contributed by atoms with Gasteiger partial charge in [-0.15, -0.1) is 0 Å². The molecule has 0 fully saturated rings. The zero-order valence-corrected chi connectivity index (χ0v) is 11.4. The third-order valence-corrected chi connectivity index (χ3v) is 4.82. The van der Waals surface area contributed by atoms with Crippen LogP contribution in [0.5, 0.6) is 0 Å². The molecule has 3 nitrogen and oxygen atoms in total. The lowest BCUT2D eigenvalue weighted by Crippen LogP contribution is -2.11. The van der Waals surface area contributed by atoms with Crippen LogP contribution in [0.2, 0.25) is 0 Å². The van der Waals surface area contributed by atoms with Gasteiger partial charge in [0.15, 0.2) is 0 Å². The normalized spacial score (nSPS) is 13.1. The van der Waals surface area contributed by atoms with Gasteiger partial charge in [0.2, 0.25) is 0 Å². The maximum atomic E-state index is 5.30. The Bertz CT molecular complexity index is 130. The van der Waals surface area contributed by atoms with Crippen molar-refractivity contribution in [1.82, 2.24) is 0 Å². The van der Waals surface area contributed by atoms with E-state index >= 15 is 0 Å². The average Bonchev–Trinajstić information content (AvgIpc) is 2.29. The first-order valence-electron chi connectivity index (χ1n) is 5.72. The molecule has 15 heavy (non-hydrogen) atoms. The highest BCUT2D eigenvalue weighted by Gasteiger charge is 2.21. The lowest BCUT2D eigenvalue weighted by Gasteiger charge is -2.33. The van der Waals surface area contributed by atoms with Crippen molar-refractivity contribution in [3.05, 3.63) is 0 Å². The molecule has 0 aliphatic heterocycles. The van der Waals surface area contributed by atoms with Gasteiger partial charge in [-0.05, 0) is 6.42 Å². The highest BCUT2D eigenvalue weighted by molar-refractivity contribution is 8.21. The second kappa shape index (κ2) is 9.46. The highest BCUT2D eigenvalue weighted by Crippen LogP contribution is 2.49. The average molecular weight is 238 g/mol. The molecule has 0 atom stereocenters. The molecule has 0 aromatic heterocycles. The van der Waals surface area contributed by atoms with Crippen molar-refractivity contribution in [2.45, 2.75) is 45.4 Å². The van der Waals surface area contributed by atoms with Crippen LogP contribution in [0.25, 0.3) is 0 Å². The molecule has 0 bridgehead atoms. The molecule has 0 aliphatic carbocycles. The first-order chi connectivity index (χ1) is 7.24. The minimum Gasteiger partial charge on any atom is -0.296 e. The fourth-order valence-electron chi connectivity index (χ4n) is 1.51. The second-order valence-electron chi connectivity index (χ2n) is 3.53. The molecule has 0 aromatic carbocycles. The van der Waals surface area contributed by atoms with E-state index in [1.165, 1.54) is 32.1 Å². The SMILES string of the molecule is CCCCCCCCS(OC)(OC)OC. The van der Waals surface area contributed by atoms with E-state index in [-0.39, 0.29) is 0 Å². The second-order valence-corrected chi connectivity index (χ2v) is 6.05. The predicted molar refractivity (Wildman–Crippen MR) is 66.9 cm³/mol. The van der Waals surface area contributed by atoms with Crippen LogP contribution in [-0.2, 0) is 12.5 Å². The van der Waals surface area contributed by atoms with E-state index in [4.69, 9.17) is 12.5 Å². The Morgan fingerprint density at radius 2 is 1.20 bits per heavy atom. The monoisotopic (exact) mass is 238 g/mol. The van der Waals surface area contributed by atoms with Gasteiger partial charge in [0.05, 0.1) is 32.2 Å². The molecular formula is C11H26O3S. The van der Waals surface area contributed by atoms with Crippen LogP contribution in [-0.4, -0.2) is 27.1 Å². The summed E-state index contributed by atoms with van der Waals surface area (Å²) in [7, 11) is 3.25. The van der Waals surface area contributed by atoms with Gasteiger partial charge in [0.1, 0.15) is 0 Å². The standard InChI is InChI=1S/C11H26O3S/c1-5-6-7-8-9-10-11-15(12-2,13-3)14-4/h5-11H2,1-4H3. The summed E-state index contributed by atoms with van der Waals surface area (Å²) in [6, 6.07) is 0. The van der Waals surface area contributed by atoms with Gasteiger partial charge >= 0.3 is 0 Å². The third-order valence-electron chi connectivity index (χ3n) is 2.51. The van der Waals surface area contributed by atoms with E-state index in [1.54, 1.807) is 21.3 Å². The van der Waals surface area contributed by atoms with Crippen molar-refractivity contribution < 1.29 is 12.5 Å². The Balaban J connectivity index is 3.54. The molecular weight excluding hydrogens is 212 g/mol. The summed E-state index contributed by atoms with van der Waals surface area (Å²) in [4.78, 5) is 0. The van der Waals surface area contributed by atoms with E-state index in [2.05, 4.69) is 6.92 Å². The van der Waals surface area contributed by atoms with Crippen LogP contribution in [0.1, 0.15) is 45.4 Å². The zero-order chi connectivity index (χ0) is 11.6. The maximum Gasteiger partial charge on any atom is 0.0879 e. The predicted octanol–water partition coefficient (Wildman–Crippen LogP) is 3.84. The largest absolute Gasteiger partial charge is 0.296 e. The van der Waals surface area contributed by atoms with Crippen LogP contribution in [0.15, 0.2) is 0 Å². The number of rotatable bonds is 10. The molecule has 0 unspecified atom stereocenters. The minimum absolute atomic E-state index is 0.878. The Morgan fingerprint density at radius 1 is 0.733 bits per heavy atom. The fraction of sp³-hybridized carbons (Fsp3) is 1.00. The van der Waals surface area contributed by atoms with Gasteiger partial charge in [-0.2, -0.15) is 0 Å². The Hall–Kier alpha value is 0.230. The zero-order valence-electron chi connectivity index (χ0n) is 10.6. The fourth-order valence-corrected chi connectivity index (χ4v) is 2.98. The van der Waals surface area contributed by atoms with Crippen molar-refractivity contribution in [3.8, 4) is 0 Å². The molecule has 0 heterocycles. The van der Waals surface area contributed by atoms with Gasteiger partial charge in [-0.1, -0.05) is 39.0 Å². The molecule has 0 rings (SSSR count). The lowest BCUT2D eigenvalue weighted by atomic mass is 10.1. The molecule has 94 valence electrons. The van der Waals surface area contributed by atoms with Gasteiger partial charge in [-0.25, -0.2) is 0 Å². The molecule has 0 saturated heterocycles. The topological polar surface area (TPSA) is 27.7 Å². The summed E-state index contributed by atoms with van der Waals surface area (Å²) in [5.41, 5.74) is 0. The van der Waals surface area contributed by atoms with E-state index in [0.717, 1.165) is 12.2 Å². The summed E-state index contributed by atoms with van der Waals surface area (Å²) >= 11 is 0. The summed E-state index contributed by atoms with van der Waals surface area (Å²) in [6.45, 7) is 2.23. The smallest absolute Gasteiger partial charge is 0.0879 e. The first-order valence-corrected chi connectivity index (χ1v) is 7.30. The first kappa shape index (κ1) is 15.2. The Labute approximate surface area is 96.4 Å². The molecule has 0 amide bonds. The maximum absolute atomic E-state index is 5.30. The van der Waals surface area contributed by atoms with Crippen molar-refractivity contribution >= 4 is 10.9 Å². The molecule has 0 N–H and O–H groups in total. The molecule has 0 saturated carbocycles. The number of unbranched alkanes of at least 4 members (excludes halogenated alkanes) is 5. The van der Waals surface area contributed by atoms with Crippen LogP contribution >= 0.6 is 10.9 Å². The van der Waals surface area contributed by atoms with Crippen LogP contribution in [0.4, 0.5) is 0 Å². The number of hydrogen-bond acceptors (Lipinski definition) is 3. The quantitative estimate of drug-likeness (QED) is 0.541. The van der Waals surface area contributed by atoms with Gasteiger partial charge in [0, 0.05) is 5.75 Å². The van der Waals surface area contributed by atoms with Crippen molar-refractivity contribution in [2.75, 3.05) is 27.1 Å². The molecule has 0 radical (unpaired) electrons. The third kappa shape index (κ3) is 6.40. The van der Waals surface area contributed by atoms with Crippen LogP contribution < -0.4 is 0 Å². The van der Waals surface area contributed by atoms with E-state index in [9.17, 15) is 0 Å². The summed E-state index contributed by atoms with van der Waals surface area (Å²) in [5.74, 6) is 0.878. The van der Waals surface area contributed by atoms with Crippen LogP contribution in [0, 0.1) is 0 Å². The van der Waals surface area contributed by atoms with Gasteiger partial charge in [-0.3, -0.25) is 12.5 Å². The highest BCUT2D eigenvalue weighted by atomic mass is 32.3. The van der Waals surface area contributed by atoms with Gasteiger partial charge < -0.3 is 0 Å². The van der Waals surface area contributed by atoms with Gasteiger partial charge in [0.25, 0.3) is 0 Å². The molecule has 4 heteroatoms. The van der Waals surface area contributed by atoms with Crippen LogP contribution in [0.3, 0.4) is 0 Å². The minimum atomic E-state index is -1.70. The lowest BCUT2D eigenvalue weighted by molar-refractivity contribution is 0.247. The summed E-state index contributed by atoms with van der Waals surface area (Å²) < 4.78 is 15.9. The van der Waals surface area contributed by atoms with E-state index < -0.39 is 10.9 Å². The Kier molecular flexibility index (Phi) is 9.60. The van der Waals surface area contributed by atoms with Crippen molar-refractivity contribution in [3.63, 3.8) is 0 Å². The van der Waals surface area contributed by atoms with Crippen molar-refractivity contribution in [1.29, 1.82) is 0 Å². The summed E-state index contributed by atoms with van der Waals surface area (Å²) in [5, 5.41) is 0. The van der Waals surface area contributed by atoms with E-state index in [0.29, 0.717) is 0 Å². The summed E-state index contributed by atoms with van der Waals surface area (Å²) in [6.07, 6.45) is 7.64. The van der Waals surface area contributed by atoms with Crippen molar-refractivity contribution in [2.24, 2.45) is 0 Å². The Morgan fingerprint density at radius 3 is 1.67 bits per heavy atom.